The van der Waals surface area contributed by atoms with Gasteiger partial charge in [-0.3, -0.25) is 0 Å². The molecular weight excluding hydrogens is 227 g/mol. The monoisotopic (exact) mass is 232 g/mol. The van der Waals surface area contributed by atoms with Crippen LogP contribution in [0.3, 0.4) is 0 Å². The van der Waals surface area contributed by atoms with E-state index in [9.17, 15) is 12.3 Å². The summed E-state index contributed by atoms with van der Waals surface area (Å²) in [7, 11) is -4.71. The zero-order valence-electron chi connectivity index (χ0n) is 7.00. The van der Waals surface area contributed by atoms with Gasteiger partial charge >= 0.3 is 10.2 Å². The summed E-state index contributed by atoms with van der Waals surface area (Å²) in [5.41, 5.74) is 0.121. The lowest BCUT2D eigenvalue weighted by Crippen LogP contribution is -1.95. The Hall–Kier alpha value is -1.05. The maximum atomic E-state index is 12.7. The largest absolute Gasteiger partial charge is 0.333 e. The lowest BCUT2D eigenvalue weighted by Gasteiger charge is -1.97. The van der Waals surface area contributed by atoms with Crippen molar-refractivity contribution < 1.29 is 12.3 Å². The normalized spacial score (nSPS) is 10.4. The Kier molecular flexibility index (Phi) is 3.50. The molecule has 14 heavy (non-hydrogen) atoms. The van der Waals surface area contributed by atoms with Crippen molar-refractivity contribution in [2.45, 2.75) is 4.90 Å². The third-order valence-electron chi connectivity index (χ3n) is 1.44. The van der Waals surface area contributed by atoms with Crippen molar-refractivity contribution in [1.82, 2.24) is 0 Å². The second-order valence-electron chi connectivity index (χ2n) is 2.37. The molecule has 0 N–H and O–H groups in total. The van der Waals surface area contributed by atoms with Crippen molar-refractivity contribution in [2.24, 2.45) is 0 Å². The number of benzene rings is 1. The molecule has 0 fully saturated rings. The molecule has 0 aliphatic heterocycles. The first-order valence-corrected chi connectivity index (χ1v) is 5.56. The lowest BCUT2D eigenvalue weighted by molar-refractivity contribution is 0.552. The fourth-order valence-corrected chi connectivity index (χ4v) is 1.60. The molecule has 2 nitrogen and oxygen atoms in total. The number of alkyl halides is 1. The van der Waals surface area contributed by atoms with E-state index < -0.39 is 15.1 Å². The van der Waals surface area contributed by atoms with Gasteiger partial charge in [-0.25, -0.2) is 0 Å². The van der Waals surface area contributed by atoms with E-state index in [2.05, 4.69) is 11.8 Å². The molecule has 0 spiro atoms. The maximum Gasteiger partial charge on any atom is 0.333 e. The molecule has 74 valence electrons. The third kappa shape index (κ3) is 2.72. The molecule has 0 aliphatic carbocycles. The Morgan fingerprint density at radius 1 is 1.36 bits per heavy atom. The highest BCUT2D eigenvalue weighted by molar-refractivity contribution is 7.86. The molecule has 1 aromatic rings. The van der Waals surface area contributed by atoms with Crippen molar-refractivity contribution in [2.75, 3.05) is 5.88 Å². The van der Waals surface area contributed by atoms with Crippen LogP contribution in [0.1, 0.15) is 5.56 Å². The highest BCUT2D eigenvalue weighted by Crippen LogP contribution is 2.16. The van der Waals surface area contributed by atoms with Gasteiger partial charge in [0.25, 0.3) is 0 Å². The average Bonchev–Trinajstić information content (AvgIpc) is 2.14. The van der Waals surface area contributed by atoms with Gasteiger partial charge in [-0.2, -0.15) is 8.42 Å². The Bertz CT molecular complexity index is 485. The lowest BCUT2D eigenvalue weighted by atomic mass is 10.2. The van der Waals surface area contributed by atoms with E-state index in [1.54, 1.807) is 6.07 Å². The van der Waals surface area contributed by atoms with Crippen LogP contribution >= 0.6 is 11.6 Å². The molecule has 0 heterocycles. The van der Waals surface area contributed by atoms with E-state index in [0.29, 0.717) is 0 Å². The summed E-state index contributed by atoms with van der Waals surface area (Å²) in [4.78, 5) is -0.419. The number of rotatable bonds is 1. The van der Waals surface area contributed by atoms with Crippen molar-refractivity contribution >= 4 is 21.8 Å². The number of hydrogen-bond donors (Lipinski definition) is 0. The van der Waals surface area contributed by atoms with Gasteiger partial charge in [0.05, 0.1) is 5.88 Å². The molecule has 0 atom stereocenters. The SMILES string of the molecule is O=S(=O)(F)c1ccccc1C#CCCl. The van der Waals surface area contributed by atoms with Gasteiger partial charge in [0.15, 0.2) is 0 Å². The smallest absolute Gasteiger partial charge is 0.189 e. The average molecular weight is 233 g/mol. The van der Waals surface area contributed by atoms with Gasteiger partial charge in [0, 0.05) is 5.56 Å². The van der Waals surface area contributed by atoms with Gasteiger partial charge in [0.2, 0.25) is 0 Å². The number of hydrogen-bond acceptors (Lipinski definition) is 2. The molecule has 1 aromatic carbocycles. The summed E-state index contributed by atoms with van der Waals surface area (Å²) in [5.74, 6) is 5.00. The first kappa shape index (κ1) is 11.0. The van der Waals surface area contributed by atoms with Crippen LogP contribution in [-0.4, -0.2) is 14.3 Å². The summed E-state index contributed by atoms with van der Waals surface area (Å²) in [6.45, 7) is 0. The Labute approximate surface area is 86.9 Å². The molecular formula is C9H6ClFO2S. The molecule has 0 radical (unpaired) electrons. The Morgan fingerprint density at radius 3 is 2.57 bits per heavy atom. The van der Waals surface area contributed by atoms with Crippen LogP contribution in [0.2, 0.25) is 0 Å². The van der Waals surface area contributed by atoms with Crippen molar-refractivity contribution in [3.63, 3.8) is 0 Å². The predicted octanol–water partition coefficient (Wildman–Crippen LogP) is 1.94. The third-order valence-corrected chi connectivity index (χ3v) is 2.45. The minimum Gasteiger partial charge on any atom is -0.189 e. The van der Waals surface area contributed by atoms with Crippen molar-refractivity contribution in [1.29, 1.82) is 0 Å². The highest BCUT2D eigenvalue weighted by atomic mass is 35.5. The zero-order valence-corrected chi connectivity index (χ0v) is 8.57. The minimum atomic E-state index is -4.71. The minimum absolute atomic E-state index is 0.0701. The zero-order chi connectivity index (χ0) is 10.6. The standard InChI is InChI=1S/C9H6ClFO2S/c10-7-3-5-8-4-1-2-6-9(8)14(11,12)13/h1-2,4,6H,7H2. The van der Waals surface area contributed by atoms with Crippen LogP contribution in [-0.2, 0) is 10.2 Å². The van der Waals surface area contributed by atoms with E-state index in [-0.39, 0.29) is 11.4 Å². The van der Waals surface area contributed by atoms with Crippen LogP contribution in [0.15, 0.2) is 29.2 Å². The van der Waals surface area contributed by atoms with Crippen LogP contribution in [0.5, 0.6) is 0 Å². The van der Waals surface area contributed by atoms with E-state index in [1.165, 1.54) is 12.1 Å². The molecule has 0 saturated heterocycles. The summed E-state index contributed by atoms with van der Waals surface area (Å²) >= 11 is 5.30. The van der Waals surface area contributed by atoms with Crippen molar-refractivity contribution in [3.05, 3.63) is 29.8 Å². The van der Waals surface area contributed by atoms with E-state index in [4.69, 9.17) is 11.6 Å². The summed E-state index contributed by atoms with van der Waals surface area (Å²) in [6.07, 6.45) is 0. The molecule has 0 aliphatic rings. The highest BCUT2D eigenvalue weighted by Gasteiger charge is 2.14. The first-order chi connectivity index (χ1) is 6.55. The molecule has 0 saturated carbocycles. The summed E-state index contributed by atoms with van der Waals surface area (Å²) in [5, 5.41) is 0. The second-order valence-corrected chi connectivity index (χ2v) is 3.95. The molecule has 5 heteroatoms. The molecule has 0 unspecified atom stereocenters. The molecule has 0 bridgehead atoms. The van der Waals surface area contributed by atoms with Gasteiger partial charge in [-0.05, 0) is 12.1 Å². The molecule has 1 rings (SSSR count). The van der Waals surface area contributed by atoms with E-state index in [1.807, 2.05) is 0 Å². The van der Waals surface area contributed by atoms with Gasteiger partial charge in [-0.1, -0.05) is 24.0 Å². The summed E-state index contributed by atoms with van der Waals surface area (Å²) < 4.78 is 34.0. The molecule has 0 aromatic heterocycles. The van der Waals surface area contributed by atoms with Crippen LogP contribution in [0, 0.1) is 11.8 Å². The first-order valence-electron chi connectivity index (χ1n) is 3.64. The topological polar surface area (TPSA) is 34.1 Å². The van der Waals surface area contributed by atoms with E-state index in [0.717, 1.165) is 6.07 Å². The maximum absolute atomic E-state index is 12.7. The number of halogens is 2. The van der Waals surface area contributed by atoms with Gasteiger partial charge < -0.3 is 0 Å². The Balaban J connectivity index is 3.31. The van der Waals surface area contributed by atoms with Crippen LogP contribution in [0.4, 0.5) is 3.89 Å². The van der Waals surface area contributed by atoms with Gasteiger partial charge in [-0.15, -0.1) is 15.5 Å². The van der Waals surface area contributed by atoms with Crippen molar-refractivity contribution in [3.8, 4) is 11.8 Å². The van der Waals surface area contributed by atoms with Crippen LogP contribution < -0.4 is 0 Å². The van der Waals surface area contributed by atoms with Gasteiger partial charge in [0.1, 0.15) is 4.90 Å². The fraction of sp³-hybridized carbons (Fsp3) is 0.111. The summed E-state index contributed by atoms with van der Waals surface area (Å²) in [6, 6.07) is 5.59. The second kappa shape index (κ2) is 4.45. The fourth-order valence-electron chi connectivity index (χ4n) is 0.911. The Morgan fingerprint density at radius 2 is 2.00 bits per heavy atom. The molecule has 0 amide bonds. The quantitative estimate of drug-likeness (QED) is 0.421. The van der Waals surface area contributed by atoms with Crippen LogP contribution in [0.25, 0.3) is 0 Å². The predicted molar refractivity (Wildman–Crippen MR) is 52.3 cm³/mol. The van der Waals surface area contributed by atoms with E-state index >= 15 is 0 Å².